The number of rotatable bonds is 11. The highest BCUT2D eigenvalue weighted by molar-refractivity contribution is 7.25. The van der Waals surface area contributed by atoms with Crippen LogP contribution in [0.15, 0.2) is 259 Å². The second-order valence-electron chi connectivity index (χ2n) is 20.9. The van der Waals surface area contributed by atoms with Crippen molar-refractivity contribution >= 4 is 116 Å². The predicted molar refractivity (Wildman–Crippen MR) is 332 cm³/mol. The molecule has 0 fully saturated rings. The Balaban J connectivity index is 0.856. The minimum atomic E-state index is -0.277. The van der Waals surface area contributed by atoms with Gasteiger partial charge >= 0.3 is 0 Å². The van der Waals surface area contributed by atoms with Gasteiger partial charge in [-0.1, -0.05) is 136 Å². The van der Waals surface area contributed by atoms with Gasteiger partial charge in [0, 0.05) is 94.6 Å². The molecular formula is C72H56N4OS. The zero-order valence-corrected chi connectivity index (χ0v) is 44.9. The van der Waals surface area contributed by atoms with Crippen LogP contribution in [0.25, 0.3) is 53.2 Å². The maximum Gasteiger partial charge on any atom is 0.135 e. The van der Waals surface area contributed by atoms with Crippen LogP contribution < -0.4 is 19.6 Å². The van der Waals surface area contributed by atoms with Gasteiger partial charge < -0.3 is 24.0 Å². The molecule has 0 aliphatic carbocycles. The zero-order chi connectivity index (χ0) is 52.5. The Morgan fingerprint density at radius 1 is 0.410 bits per heavy atom. The number of nitrogens with zero attached hydrogens (tertiary/aromatic N) is 4. The number of furan rings is 1. The van der Waals surface area contributed by atoms with Crippen molar-refractivity contribution in [1.29, 1.82) is 0 Å². The second kappa shape index (κ2) is 19.0. The Kier molecular flexibility index (Phi) is 11.5. The monoisotopic (exact) mass is 1020 g/mol. The van der Waals surface area contributed by atoms with E-state index in [0.717, 1.165) is 85.0 Å². The normalized spacial score (nSPS) is 12.7. The van der Waals surface area contributed by atoms with Gasteiger partial charge in [-0.25, -0.2) is 0 Å². The summed E-state index contributed by atoms with van der Waals surface area (Å²) in [4.78, 5) is 9.53. The van der Waals surface area contributed by atoms with Crippen LogP contribution in [0.3, 0.4) is 0 Å². The summed E-state index contributed by atoms with van der Waals surface area (Å²) in [6.07, 6.45) is 0.898. The van der Waals surface area contributed by atoms with Gasteiger partial charge in [0.2, 0.25) is 0 Å². The summed E-state index contributed by atoms with van der Waals surface area (Å²) in [5.74, 6) is 0. The van der Waals surface area contributed by atoms with E-state index in [9.17, 15) is 0 Å². The Hall–Kier alpha value is -9.36. The fraction of sp³-hybridized carbons (Fsp3) is 0.0833. The maximum atomic E-state index is 6.36. The Bertz CT molecular complexity index is 4370. The van der Waals surface area contributed by atoms with Crippen LogP contribution in [0.2, 0.25) is 0 Å². The first kappa shape index (κ1) is 47.1. The van der Waals surface area contributed by atoms with E-state index < -0.39 is 0 Å². The van der Waals surface area contributed by atoms with Crippen LogP contribution >= 0.6 is 11.3 Å². The van der Waals surface area contributed by atoms with Gasteiger partial charge in [-0.2, -0.15) is 0 Å². The van der Waals surface area contributed by atoms with E-state index >= 15 is 0 Å². The third-order valence-electron chi connectivity index (χ3n) is 16.0. The molecule has 5 nitrogen and oxygen atoms in total. The lowest BCUT2D eigenvalue weighted by molar-refractivity contribution is 0.632. The van der Waals surface area contributed by atoms with Crippen LogP contribution in [-0.4, -0.2) is 7.05 Å². The molecule has 2 aromatic heterocycles. The summed E-state index contributed by atoms with van der Waals surface area (Å²) in [5.41, 5.74) is 20.0. The molecule has 1 aliphatic heterocycles. The molecular weight excluding hydrogens is 969 g/mol. The predicted octanol–water partition coefficient (Wildman–Crippen LogP) is 21.0. The molecule has 0 saturated heterocycles. The van der Waals surface area contributed by atoms with Crippen molar-refractivity contribution in [2.75, 3.05) is 26.6 Å². The summed E-state index contributed by atoms with van der Waals surface area (Å²) in [6, 6.07) is 92.9. The van der Waals surface area contributed by atoms with E-state index in [-0.39, 0.29) is 5.41 Å². The lowest BCUT2D eigenvalue weighted by Gasteiger charge is -2.42. The molecule has 0 amide bonds. The highest BCUT2D eigenvalue weighted by Crippen LogP contribution is 2.54. The van der Waals surface area contributed by atoms with Crippen LogP contribution in [0.5, 0.6) is 0 Å². The Labute approximate surface area is 459 Å². The van der Waals surface area contributed by atoms with Gasteiger partial charge in [-0.15, -0.1) is 11.3 Å². The number of hydrogen-bond donors (Lipinski definition) is 0. The highest BCUT2D eigenvalue weighted by atomic mass is 32.1. The number of anilines is 11. The number of aryl methyl sites for hydroxylation is 1. The molecule has 0 spiro atoms. The summed E-state index contributed by atoms with van der Waals surface area (Å²) in [7, 11) is 2.16. The van der Waals surface area contributed by atoms with E-state index in [2.05, 4.69) is 290 Å². The summed E-state index contributed by atoms with van der Waals surface area (Å²) in [6.45, 7) is 6.97. The minimum absolute atomic E-state index is 0.277. The van der Waals surface area contributed by atoms with E-state index in [0.29, 0.717) is 0 Å². The van der Waals surface area contributed by atoms with E-state index in [1.165, 1.54) is 53.9 Å². The SMILES string of the molecule is CCc1cc(N(c2ccc(-c3ccc(N(c4ccc5c(c4)C(C)(C)c4ccccc4N5c4ccccc4)c4ccc5oc6ccccc6c5c4)cc3)cc2)c2ccc3sc4ccccc4c3c2)ccc1N(C)c1ccccc1. The molecule has 6 heteroatoms. The molecule has 3 heterocycles. The second-order valence-corrected chi connectivity index (χ2v) is 22.0. The van der Waals surface area contributed by atoms with Crippen molar-refractivity contribution in [3.05, 3.63) is 271 Å². The molecule has 11 aromatic carbocycles. The first-order valence-electron chi connectivity index (χ1n) is 26.9. The van der Waals surface area contributed by atoms with Crippen molar-refractivity contribution in [3.8, 4) is 11.1 Å². The zero-order valence-electron chi connectivity index (χ0n) is 44.1. The molecule has 0 unspecified atom stereocenters. The van der Waals surface area contributed by atoms with Gasteiger partial charge in [-0.3, -0.25) is 0 Å². The average molecular weight is 1030 g/mol. The summed E-state index contributed by atoms with van der Waals surface area (Å²) < 4.78 is 8.96. The van der Waals surface area contributed by atoms with Crippen molar-refractivity contribution in [2.45, 2.75) is 32.6 Å². The maximum absolute atomic E-state index is 6.36. The molecule has 78 heavy (non-hydrogen) atoms. The molecule has 1 aliphatic rings. The lowest BCUT2D eigenvalue weighted by Crippen LogP contribution is -2.30. The molecule has 0 radical (unpaired) electrons. The van der Waals surface area contributed by atoms with E-state index in [4.69, 9.17) is 4.42 Å². The molecule has 14 rings (SSSR count). The summed E-state index contributed by atoms with van der Waals surface area (Å²) >= 11 is 1.85. The van der Waals surface area contributed by atoms with Crippen LogP contribution in [0, 0.1) is 0 Å². The number of thiophene rings is 1. The van der Waals surface area contributed by atoms with E-state index in [1.54, 1.807) is 0 Å². The Morgan fingerprint density at radius 2 is 0.936 bits per heavy atom. The van der Waals surface area contributed by atoms with Gasteiger partial charge in [0.25, 0.3) is 0 Å². The van der Waals surface area contributed by atoms with Crippen LogP contribution in [0.1, 0.15) is 37.5 Å². The topological polar surface area (TPSA) is 26.1 Å². The van der Waals surface area contributed by atoms with Crippen LogP contribution in [-0.2, 0) is 11.8 Å². The van der Waals surface area contributed by atoms with Crippen molar-refractivity contribution < 1.29 is 4.42 Å². The third-order valence-corrected chi connectivity index (χ3v) is 17.2. The quantitative estimate of drug-likeness (QED) is 0.129. The van der Waals surface area contributed by atoms with Gasteiger partial charge in [-0.05, 0) is 174 Å². The van der Waals surface area contributed by atoms with Gasteiger partial charge in [0.05, 0.1) is 11.4 Å². The average Bonchev–Trinajstić information content (AvgIpc) is 4.11. The first-order chi connectivity index (χ1) is 38.3. The lowest BCUT2D eigenvalue weighted by atomic mass is 9.73. The van der Waals surface area contributed by atoms with Crippen molar-refractivity contribution in [3.63, 3.8) is 0 Å². The fourth-order valence-electron chi connectivity index (χ4n) is 12.0. The minimum Gasteiger partial charge on any atom is -0.456 e. The highest BCUT2D eigenvalue weighted by Gasteiger charge is 2.37. The molecule has 376 valence electrons. The number of benzene rings is 11. The first-order valence-corrected chi connectivity index (χ1v) is 27.7. The largest absolute Gasteiger partial charge is 0.456 e. The van der Waals surface area contributed by atoms with Crippen molar-refractivity contribution in [1.82, 2.24) is 0 Å². The molecule has 0 bridgehead atoms. The van der Waals surface area contributed by atoms with Crippen molar-refractivity contribution in [2.24, 2.45) is 0 Å². The van der Waals surface area contributed by atoms with Crippen LogP contribution in [0.4, 0.5) is 62.6 Å². The van der Waals surface area contributed by atoms with Gasteiger partial charge in [0.15, 0.2) is 0 Å². The van der Waals surface area contributed by atoms with E-state index in [1.807, 2.05) is 23.5 Å². The molecule has 0 atom stereocenters. The smallest absolute Gasteiger partial charge is 0.135 e. The number of hydrogen-bond acceptors (Lipinski definition) is 6. The standard InChI is InChI=1S/C72H56N4OS/c1-5-48-44-55(36-40-65(48)73(4)51-18-8-6-9-19-51)74(57-39-43-71-62(46-57)60-23-13-17-27-70(60)78-71)53-32-28-49(29-33-53)50-30-34-54(35-31-50)75(56-38-42-69-61(45-56)59-22-12-16-26-68(59)77-69)58-37-41-67-64(47-58)72(2,3)63-24-14-15-25-66(63)76(67)52-20-10-7-11-21-52/h6-47H,5H2,1-4H3. The van der Waals surface area contributed by atoms with Gasteiger partial charge in [0.1, 0.15) is 11.2 Å². The number of para-hydroxylation sites is 4. The Morgan fingerprint density at radius 3 is 1.67 bits per heavy atom. The third kappa shape index (κ3) is 7.98. The molecule has 13 aromatic rings. The molecule has 0 saturated carbocycles. The summed E-state index contributed by atoms with van der Waals surface area (Å²) in [5, 5.41) is 4.76. The number of fused-ring (bicyclic) bond motifs is 8. The molecule has 0 N–H and O–H groups in total. The fourth-order valence-corrected chi connectivity index (χ4v) is 13.1.